The van der Waals surface area contributed by atoms with Crippen LogP contribution >= 0.6 is 0 Å². The summed E-state index contributed by atoms with van der Waals surface area (Å²) < 4.78 is 4.93. The van der Waals surface area contributed by atoms with Gasteiger partial charge in [0.1, 0.15) is 0 Å². The van der Waals surface area contributed by atoms with Gasteiger partial charge < -0.3 is 20.4 Å². The number of para-hydroxylation sites is 1. The van der Waals surface area contributed by atoms with Crippen LogP contribution in [0.15, 0.2) is 30.5 Å². The quantitative estimate of drug-likeness (QED) is 0.628. The number of nitrogens with one attached hydrogen (secondary N) is 3. The second-order valence-electron chi connectivity index (χ2n) is 6.02. The van der Waals surface area contributed by atoms with Crippen LogP contribution in [0, 0.1) is 0 Å². The van der Waals surface area contributed by atoms with Gasteiger partial charge in [-0.1, -0.05) is 18.2 Å². The van der Waals surface area contributed by atoms with Gasteiger partial charge in [-0.15, -0.1) is 0 Å². The van der Waals surface area contributed by atoms with E-state index in [0.717, 1.165) is 16.5 Å². The van der Waals surface area contributed by atoms with Crippen molar-refractivity contribution in [1.82, 2.24) is 15.6 Å². The van der Waals surface area contributed by atoms with Crippen LogP contribution < -0.4 is 10.6 Å². The van der Waals surface area contributed by atoms with Gasteiger partial charge >= 0.3 is 5.97 Å². The molecule has 0 aliphatic carbocycles. The van der Waals surface area contributed by atoms with Crippen LogP contribution in [0.25, 0.3) is 10.9 Å². The first-order valence-corrected chi connectivity index (χ1v) is 8.22. The molecule has 134 valence electrons. The lowest BCUT2D eigenvalue weighted by atomic mass is 10.1. The van der Waals surface area contributed by atoms with Crippen molar-refractivity contribution in [3.8, 4) is 0 Å². The number of carbonyl (C=O) groups is 3. The van der Waals surface area contributed by atoms with Gasteiger partial charge in [0.15, 0.2) is 6.61 Å². The average molecular weight is 345 g/mol. The topological polar surface area (TPSA) is 100 Å². The van der Waals surface area contributed by atoms with Crippen molar-refractivity contribution in [3.63, 3.8) is 0 Å². The summed E-state index contributed by atoms with van der Waals surface area (Å²) in [6, 6.07) is 7.85. The number of amides is 2. The zero-order chi connectivity index (χ0) is 18.2. The van der Waals surface area contributed by atoms with Crippen molar-refractivity contribution in [3.05, 3.63) is 36.0 Å². The van der Waals surface area contributed by atoms with E-state index in [0.29, 0.717) is 6.42 Å². The Morgan fingerprint density at radius 1 is 1.16 bits per heavy atom. The molecule has 25 heavy (non-hydrogen) atoms. The van der Waals surface area contributed by atoms with Gasteiger partial charge in [-0.05, 0) is 31.9 Å². The first kappa shape index (κ1) is 18.5. The standard InChI is InChI=1S/C18H23N3O4/c1-12(2)21-16(22)10-20-17(23)11-25-18(24)8-7-13-9-19-15-6-4-3-5-14(13)15/h3-6,9,12,19H,7-8,10-11H2,1-2H3,(H,20,23)(H,21,22). The van der Waals surface area contributed by atoms with Gasteiger partial charge in [0.05, 0.1) is 6.54 Å². The molecular weight excluding hydrogens is 322 g/mol. The van der Waals surface area contributed by atoms with E-state index in [9.17, 15) is 14.4 Å². The monoisotopic (exact) mass is 345 g/mol. The summed E-state index contributed by atoms with van der Waals surface area (Å²) in [4.78, 5) is 37.9. The number of esters is 1. The third-order valence-electron chi connectivity index (χ3n) is 3.53. The molecule has 0 radical (unpaired) electrons. The van der Waals surface area contributed by atoms with Gasteiger partial charge in [0.25, 0.3) is 5.91 Å². The van der Waals surface area contributed by atoms with E-state index in [1.54, 1.807) is 0 Å². The highest BCUT2D eigenvalue weighted by atomic mass is 16.5. The second kappa shape index (κ2) is 8.86. The molecule has 0 bridgehead atoms. The minimum atomic E-state index is -0.501. The SMILES string of the molecule is CC(C)NC(=O)CNC(=O)COC(=O)CCc1c[nH]c2ccccc12. The lowest BCUT2D eigenvalue weighted by Crippen LogP contribution is -2.41. The summed E-state index contributed by atoms with van der Waals surface area (Å²) in [6.45, 7) is 3.13. The molecule has 1 heterocycles. The van der Waals surface area contributed by atoms with Crippen molar-refractivity contribution in [2.45, 2.75) is 32.7 Å². The molecule has 1 aromatic carbocycles. The molecular formula is C18H23N3O4. The number of aromatic nitrogens is 1. The van der Waals surface area contributed by atoms with E-state index in [1.165, 1.54) is 0 Å². The van der Waals surface area contributed by atoms with Crippen LogP contribution in [0.3, 0.4) is 0 Å². The number of carbonyl (C=O) groups excluding carboxylic acids is 3. The van der Waals surface area contributed by atoms with Gasteiger partial charge in [0.2, 0.25) is 5.91 Å². The Labute approximate surface area is 146 Å². The zero-order valence-corrected chi connectivity index (χ0v) is 14.4. The molecule has 2 amide bonds. The second-order valence-corrected chi connectivity index (χ2v) is 6.02. The third kappa shape index (κ3) is 5.95. The van der Waals surface area contributed by atoms with Crippen molar-refractivity contribution in [1.29, 1.82) is 0 Å². The number of H-pyrrole nitrogens is 1. The van der Waals surface area contributed by atoms with Crippen LogP contribution in [0.2, 0.25) is 0 Å². The smallest absolute Gasteiger partial charge is 0.306 e. The Balaban J connectivity index is 1.68. The molecule has 0 spiro atoms. The molecule has 0 atom stereocenters. The van der Waals surface area contributed by atoms with Gasteiger partial charge in [-0.2, -0.15) is 0 Å². The molecule has 0 aliphatic heterocycles. The molecule has 2 rings (SSSR count). The highest BCUT2D eigenvalue weighted by Crippen LogP contribution is 2.18. The maximum Gasteiger partial charge on any atom is 0.306 e. The molecule has 2 aromatic rings. The summed E-state index contributed by atoms with van der Waals surface area (Å²) in [7, 11) is 0. The number of ether oxygens (including phenoxy) is 1. The van der Waals surface area contributed by atoms with Crippen LogP contribution in [0.4, 0.5) is 0 Å². The van der Waals surface area contributed by atoms with E-state index < -0.39 is 11.9 Å². The molecule has 0 aliphatic rings. The molecule has 7 nitrogen and oxygen atoms in total. The molecule has 1 aromatic heterocycles. The summed E-state index contributed by atoms with van der Waals surface area (Å²) >= 11 is 0. The Morgan fingerprint density at radius 2 is 1.92 bits per heavy atom. The fourth-order valence-corrected chi connectivity index (χ4v) is 2.40. The normalized spacial score (nSPS) is 10.7. The highest BCUT2D eigenvalue weighted by Gasteiger charge is 2.11. The van der Waals surface area contributed by atoms with Crippen molar-refractivity contribution >= 4 is 28.7 Å². The van der Waals surface area contributed by atoms with E-state index in [2.05, 4.69) is 15.6 Å². The number of fused-ring (bicyclic) bond motifs is 1. The maximum atomic E-state index is 11.8. The van der Waals surface area contributed by atoms with Gasteiger partial charge in [0, 0.05) is 29.6 Å². The van der Waals surface area contributed by atoms with Gasteiger partial charge in [-0.25, -0.2) is 0 Å². The average Bonchev–Trinajstić information content (AvgIpc) is 2.99. The highest BCUT2D eigenvalue weighted by molar-refractivity contribution is 5.86. The number of aryl methyl sites for hydroxylation is 1. The Hall–Kier alpha value is -2.83. The van der Waals surface area contributed by atoms with Crippen molar-refractivity contribution in [2.24, 2.45) is 0 Å². The Morgan fingerprint density at radius 3 is 2.68 bits per heavy atom. The molecule has 0 unspecified atom stereocenters. The van der Waals surface area contributed by atoms with Crippen molar-refractivity contribution < 1.29 is 19.1 Å². The maximum absolute atomic E-state index is 11.8. The number of hydrogen-bond acceptors (Lipinski definition) is 4. The third-order valence-corrected chi connectivity index (χ3v) is 3.53. The fraction of sp³-hybridized carbons (Fsp3) is 0.389. The fourth-order valence-electron chi connectivity index (χ4n) is 2.40. The van der Waals surface area contributed by atoms with E-state index in [1.807, 2.05) is 44.3 Å². The van der Waals surface area contributed by atoms with E-state index in [-0.39, 0.29) is 31.5 Å². The summed E-state index contributed by atoms with van der Waals surface area (Å²) in [5, 5.41) is 6.13. The minimum absolute atomic E-state index is 0.00624. The number of rotatable bonds is 8. The Kier molecular flexibility index (Phi) is 6.56. The van der Waals surface area contributed by atoms with Crippen LogP contribution in [0.5, 0.6) is 0 Å². The lowest BCUT2D eigenvalue weighted by Gasteiger charge is -2.09. The lowest BCUT2D eigenvalue weighted by molar-refractivity contribution is -0.148. The van der Waals surface area contributed by atoms with Crippen molar-refractivity contribution in [2.75, 3.05) is 13.2 Å². The predicted octanol–water partition coefficient (Wildman–Crippen LogP) is 1.28. The summed E-state index contributed by atoms with van der Waals surface area (Å²) in [5.74, 6) is -1.24. The zero-order valence-electron chi connectivity index (χ0n) is 14.4. The van der Waals surface area contributed by atoms with E-state index in [4.69, 9.17) is 4.74 Å². The minimum Gasteiger partial charge on any atom is -0.456 e. The molecule has 0 saturated heterocycles. The first-order chi connectivity index (χ1) is 12.0. The van der Waals surface area contributed by atoms with Gasteiger partial charge in [-0.3, -0.25) is 14.4 Å². The molecule has 3 N–H and O–H groups in total. The largest absolute Gasteiger partial charge is 0.456 e. The van der Waals surface area contributed by atoms with E-state index >= 15 is 0 Å². The van der Waals surface area contributed by atoms with Crippen LogP contribution in [-0.4, -0.2) is 42.0 Å². The molecule has 7 heteroatoms. The summed E-state index contributed by atoms with van der Waals surface area (Å²) in [6.07, 6.45) is 2.59. The predicted molar refractivity (Wildman–Crippen MR) is 93.9 cm³/mol. The molecule has 0 saturated carbocycles. The number of hydrogen-bond donors (Lipinski definition) is 3. The first-order valence-electron chi connectivity index (χ1n) is 8.22. The molecule has 0 fully saturated rings. The van der Waals surface area contributed by atoms with Crippen LogP contribution in [-0.2, 0) is 25.5 Å². The number of benzene rings is 1. The summed E-state index contributed by atoms with van der Waals surface area (Å²) in [5.41, 5.74) is 2.05. The Bertz CT molecular complexity index is 752. The number of aromatic amines is 1. The van der Waals surface area contributed by atoms with Crippen LogP contribution in [0.1, 0.15) is 25.8 Å².